The third-order valence-corrected chi connectivity index (χ3v) is 9.24. The smallest absolute Gasteiger partial charge is 0.295 e. The van der Waals surface area contributed by atoms with Gasteiger partial charge in [0.2, 0.25) is 11.9 Å². The van der Waals surface area contributed by atoms with Gasteiger partial charge in [-0.1, -0.05) is 25.1 Å². The molecule has 15 heteroatoms. The molecule has 2 aromatic carbocycles. The number of fused-ring (bicyclic) bond motifs is 2. The standard InChI is InChI=1S/C33H37FN10O2S2/c1-4-21(13-40-31-43-25-7-5-6-8-27(25)45-31)12-35-29-38-16-24(17-39-29)48-18-22-9-10-26-28(11-22)46-32(44-26)42-20-33(2,34)19-41-30-36-14-23(47-3)15-37-30/h5-11,14-17,21H,4,12-13,18-20H2,1-3H3,(H,40,43)(H,42,44)(H,35,38,39)(H,36,37,41). The fourth-order valence-electron chi connectivity index (χ4n) is 4.66. The zero-order chi connectivity index (χ0) is 33.3. The number of aromatic nitrogens is 6. The van der Waals surface area contributed by atoms with Crippen LogP contribution in [0.25, 0.3) is 22.2 Å². The maximum absolute atomic E-state index is 15.2. The van der Waals surface area contributed by atoms with Crippen LogP contribution in [0.1, 0.15) is 25.8 Å². The van der Waals surface area contributed by atoms with Crippen LogP contribution >= 0.6 is 23.5 Å². The molecular formula is C33H37FN10O2S2. The van der Waals surface area contributed by atoms with Crippen molar-refractivity contribution in [2.24, 2.45) is 5.92 Å². The van der Waals surface area contributed by atoms with Gasteiger partial charge in [-0.25, -0.2) is 24.3 Å². The summed E-state index contributed by atoms with van der Waals surface area (Å²) in [5, 5.41) is 12.6. The Bertz CT molecular complexity index is 1890. The number of hydrogen-bond acceptors (Lipinski definition) is 14. The Hall–Kier alpha value is -4.63. The summed E-state index contributed by atoms with van der Waals surface area (Å²) in [5.41, 5.74) is 2.39. The molecule has 0 saturated heterocycles. The van der Waals surface area contributed by atoms with E-state index in [1.54, 1.807) is 35.9 Å². The average molecular weight is 689 g/mol. The topological polar surface area (TPSA) is 152 Å². The lowest BCUT2D eigenvalue weighted by Crippen LogP contribution is -2.36. The lowest BCUT2D eigenvalue weighted by Gasteiger charge is -2.20. The van der Waals surface area contributed by atoms with Crippen molar-refractivity contribution >= 4 is 69.6 Å². The summed E-state index contributed by atoms with van der Waals surface area (Å²) in [4.78, 5) is 28.2. The molecule has 0 fully saturated rings. The lowest BCUT2D eigenvalue weighted by atomic mass is 10.1. The third kappa shape index (κ3) is 9.04. The van der Waals surface area contributed by atoms with E-state index in [0.717, 1.165) is 32.9 Å². The highest BCUT2D eigenvalue weighted by Crippen LogP contribution is 2.27. The van der Waals surface area contributed by atoms with E-state index in [2.05, 4.69) is 58.1 Å². The number of oxazole rings is 2. The Kier molecular flexibility index (Phi) is 10.8. The number of thioether (sulfide) groups is 2. The first-order valence-electron chi connectivity index (χ1n) is 15.6. The van der Waals surface area contributed by atoms with E-state index in [-0.39, 0.29) is 19.1 Å². The molecular weight excluding hydrogens is 652 g/mol. The average Bonchev–Trinajstić information content (AvgIpc) is 3.73. The van der Waals surface area contributed by atoms with Crippen molar-refractivity contribution in [2.45, 2.75) is 41.5 Å². The van der Waals surface area contributed by atoms with Crippen molar-refractivity contribution in [2.75, 3.05) is 53.7 Å². The van der Waals surface area contributed by atoms with Gasteiger partial charge in [0.1, 0.15) is 16.7 Å². The zero-order valence-electron chi connectivity index (χ0n) is 26.9. The number of anilines is 4. The highest BCUT2D eigenvalue weighted by Gasteiger charge is 2.24. The largest absolute Gasteiger partial charge is 0.424 e. The van der Waals surface area contributed by atoms with Crippen LogP contribution in [-0.4, -0.2) is 68.0 Å². The van der Waals surface area contributed by atoms with Crippen LogP contribution in [0.15, 0.2) is 85.9 Å². The first-order chi connectivity index (χ1) is 23.4. The monoisotopic (exact) mass is 688 g/mol. The van der Waals surface area contributed by atoms with Crippen molar-refractivity contribution < 1.29 is 13.2 Å². The molecule has 0 bridgehead atoms. The van der Waals surface area contributed by atoms with Crippen LogP contribution in [-0.2, 0) is 5.75 Å². The molecule has 12 nitrogen and oxygen atoms in total. The Morgan fingerprint density at radius 3 is 2.12 bits per heavy atom. The minimum Gasteiger partial charge on any atom is -0.424 e. The number of halogens is 1. The van der Waals surface area contributed by atoms with Crippen molar-refractivity contribution in [3.63, 3.8) is 0 Å². The number of alkyl halides is 1. The van der Waals surface area contributed by atoms with E-state index in [4.69, 9.17) is 8.83 Å². The van der Waals surface area contributed by atoms with Gasteiger partial charge in [-0.3, -0.25) is 0 Å². The van der Waals surface area contributed by atoms with Gasteiger partial charge in [-0.15, -0.1) is 23.5 Å². The molecule has 0 aliphatic rings. The number of rotatable bonds is 17. The van der Waals surface area contributed by atoms with Crippen molar-refractivity contribution in [3.05, 3.63) is 72.8 Å². The molecule has 4 N–H and O–H groups in total. The summed E-state index contributed by atoms with van der Waals surface area (Å²) in [6.07, 6.45) is 9.96. The molecule has 0 radical (unpaired) electrons. The SMILES string of the molecule is CCC(CNc1ncc(SCc2ccc3nc(NCC(C)(F)CNc4ncc(SC)cn4)oc3c2)cn1)CNc1nc2ccccc2o1. The molecule has 0 spiro atoms. The fraction of sp³-hybridized carbons (Fsp3) is 0.333. The van der Waals surface area contributed by atoms with E-state index >= 15 is 4.39 Å². The second kappa shape index (κ2) is 15.5. The van der Waals surface area contributed by atoms with Gasteiger partial charge < -0.3 is 30.1 Å². The van der Waals surface area contributed by atoms with Crippen LogP contribution < -0.4 is 21.3 Å². The highest BCUT2D eigenvalue weighted by molar-refractivity contribution is 7.98. The van der Waals surface area contributed by atoms with Gasteiger partial charge in [0.15, 0.2) is 11.2 Å². The van der Waals surface area contributed by atoms with Gasteiger partial charge in [0, 0.05) is 53.4 Å². The number of para-hydroxylation sites is 2. The maximum atomic E-state index is 15.2. The van der Waals surface area contributed by atoms with Gasteiger partial charge in [0.25, 0.3) is 12.0 Å². The molecule has 2 atom stereocenters. The Morgan fingerprint density at radius 1 is 0.771 bits per heavy atom. The molecule has 0 saturated carbocycles. The van der Waals surface area contributed by atoms with Gasteiger partial charge in [0.05, 0.1) is 13.1 Å². The molecule has 6 rings (SSSR count). The molecule has 0 aliphatic carbocycles. The van der Waals surface area contributed by atoms with Crippen LogP contribution in [0, 0.1) is 5.92 Å². The van der Waals surface area contributed by atoms with Crippen LogP contribution in [0.5, 0.6) is 0 Å². The van der Waals surface area contributed by atoms with Crippen LogP contribution in [0.3, 0.4) is 0 Å². The zero-order valence-corrected chi connectivity index (χ0v) is 28.5. The molecule has 6 aromatic rings. The van der Waals surface area contributed by atoms with Crippen molar-refractivity contribution in [3.8, 4) is 0 Å². The minimum absolute atomic E-state index is 0.000761. The molecule has 0 amide bonds. The van der Waals surface area contributed by atoms with Gasteiger partial charge in [-0.2, -0.15) is 9.97 Å². The molecule has 48 heavy (non-hydrogen) atoms. The number of benzene rings is 2. The second-order valence-electron chi connectivity index (χ2n) is 11.4. The predicted molar refractivity (Wildman–Crippen MR) is 191 cm³/mol. The summed E-state index contributed by atoms with van der Waals surface area (Å²) < 4.78 is 26.8. The number of nitrogens with one attached hydrogen (secondary N) is 4. The first-order valence-corrected chi connectivity index (χ1v) is 17.8. The lowest BCUT2D eigenvalue weighted by molar-refractivity contribution is 0.222. The van der Waals surface area contributed by atoms with Crippen molar-refractivity contribution in [1.82, 2.24) is 29.9 Å². The molecule has 2 unspecified atom stereocenters. The number of hydrogen-bond donors (Lipinski definition) is 4. The van der Waals surface area contributed by atoms with E-state index in [1.165, 1.54) is 6.92 Å². The maximum Gasteiger partial charge on any atom is 0.295 e. The fourth-order valence-corrected chi connectivity index (χ4v) is 5.74. The first kappa shape index (κ1) is 33.3. The van der Waals surface area contributed by atoms with Crippen LogP contribution in [0.2, 0.25) is 0 Å². The van der Waals surface area contributed by atoms with E-state index in [0.29, 0.717) is 53.8 Å². The quantitative estimate of drug-likeness (QED) is 0.0706. The highest BCUT2D eigenvalue weighted by atomic mass is 32.2. The molecule has 250 valence electrons. The summed E-state index contributed by atoms with van der Waals surface area (Å²) in [7, 11) is 0. The minimum atomic E-state index is -1.60. The summed E-state index contributed by atoms with van der Waals surface area (Å²) >= 11 is 3.17. The predicted octanol–water partition coefficient (Wildman–Crippen LogP) is 7.37. The summed E-state index contributed by atoms with van der Waals surface area (Å²) in [5.74, 6) is 2.00. The van der Waals surface area contributed by atoms with Gasteiger partial charge >= 0.3 is 0 Å². The van der Waals surface area contributed by atoms with Crippen molar-refractivity contribution in [1.29, 1.82) is 0 Å². The van der Waals surface area contributed by atoms with E-state index in [9.17, 15) is 0 Å². The third-order valence-electron chi connectivity index (χ3n) is 7.54. The molecule has 0 aliphatic heterocycles. The summed E-state index contributed by atoms with van der Waals surface area (Å²) in [6, 6.07) is 14.4. The van der Waals surface area contributed by atoms with E-state index in [1.807, 2.05) is 61.1 Å². The molecule has 4 heterocycles. The normalized spacial score (nSPS) is 13.3. The Morgan fingerprint density at radius 2 is 1.40 bits per heavy atom. The second-order valence-corrected chi connectivity index (χ2v) is 13.4. The molecule has 4 aromatic heterocycles. The van der Waals surface area contributed by atoms with Gasteiger partial charge in [-0.05, 0) is 55.3 Å². The van der Waals surface area contributed by atoms with E-state index < -0.39 is 5.67 Å². The van der Waals surface area contributed by atoms with Crippen LogP contribution in [0.4, 0.5) is 28.3 Å². The Balaban J connectivity index is 0.940. The Labute approximate surface area is 285 Å². The number of nitrogens with zero attached hydrogens (tertiary/aromatic N) is 6. The summed E-state index contributed by atoms with van der Waals surface area (Å²) in [6.45, 7) is 5.10.